The van der Waals surface area contributed by atoms with Crippen molar-refractivity contribution in [3.63, 3.8) is 0 Å². The van der Waals surface area contributed by atoms with Crippen LogP contribution in [0.5, 0.6) is 0 Å². The SMILES string of the molecule is CC(C)NCc1ccc(Br)cc1N1CCN2CCCC2C1. The Morgan fingerprint density at radius 3 is 2.95 bits per heavy atom. The van der Waals surface area contributed by atoms with Crippen molar-refractivity contribution in [1.29, 1.82) is 0 Å². The van der Waals surface area contributed by atoms with E-state index in [4.69, 9.17) is 0 Å². The quantitative estimate of drug-likeness (QED) is 0.898. The van der Waals surface area contributed by atoms with Gasteiger partial charge < -0.3 is 10.2 Å². The molecule has 116 valence electrons. The fourth-order valence-electron chi connectivity index (χ4n) is 3.50. The lowest BCUT2D eigenvalue weighted by Crippen LogP contribution is -2.50. The topological polar surface area (TPSA) is 18.5 Å². The predicted molar refractivity (Wildman–Crippen MR) is 92.9 cm³/mol. The van der Waals surface area contributed by atoms with E-state index >= 15 is 0 Å². The van der Waals surface area contributed by atoms with Crippen molar-refractivity contribution in [2.45, 2.75) is 45.3 Å². The highest BCUT2D eigenvalue weighted by atomic mass is 79.9. The molecule has 0 aromatic heterocycles. The summed E-state index contributed by atoms with van der Waals surface area (Å²) in [4.78, 5) is 5.26. The molecule has 1 unspecified atom stereocenters. The molecular weight excluding hydrogens is 326 g/mol. The van der Waals surface area contributed by atoms with Gasteiger partial charge in [0.05, 0.1) is 0 Å². The summed E-state index contributed by atoms with van der Waals surface area (Å²) in [7, 11) is 0. The first-order valence-corrected chi connectivity index (χ1v) is 8.93. The number of halogens is 1. The fraction of sp³-hybridized carbons (Fsp3) is 0.647. The number of anilines is 1. The van der Waals surface area contributed by atoms with Gasteiger partial charge in [0, 0.05) is 48.4 Å². The summed E-state index contributed by atoms with van der Waals surface area (Å²) in [6, 6.07) is 8.00. The Morgan fingerprint density at radius 2 is 2.14 bits per heavy atom. The molecule has 1 atom stereocenters. The molecule has 2 saturated heterocycles. The van der Waals surface area contributed by atoms with Crippen LogP contribution in [-0.4, -0.2) is 43.2 Å². The Kier molecular flexibility index (Phi) is 4.87. The van der Waals surface area contributed by atoms with Crippen LogP contribution in [0.3, 0.4) is 0 Å². The van der Waals surface area contributed by atoms with Gasteiger partial charge in [-0.3, -0.25) is 4.90 Å². The Bertz CT molecular complexity index is 489. The number of benzene rings is 1. The van der Waals surface area contributed by atoms with Crippen LogP contribution in [0, 0.1) is 0 Å². The number of nitrogens with one attached hydrogen (secondary N) is 1. The highest BCUT2D eigenvalue weighted by Gasteiger charge is 2.31. The first-order valence-electron chi connectivity index (χ1n) is 8.14. The van der Waals surface area contributed by atoms with Gasteiger partial charge in [-0.25, -0.2) is 0 Å². The molecule has 2 fully saturated rings. The van der Waals surface area contributed by atoms with Crippen LogP contribution in [0.4, 0.5) is 5.69 Å². The van der Waals surface area contributed by atoms with E-state index in [-0.39, 0.29) is 0 Å². The number of nitrogens with zero attached hydrogens (tertiary/aromatic N) is 2. The number of rotatable bonds is 4. The van der Waals surface area contributed by atoms with Crippen molar-refractivity contribution in [1.82, 2.24) is 10.2 Å². The first kappa shape index (κ1) is 15.3. The molecule has 2 aliphatic heterocycles. The Balaban J connectivity index is 1.77. The van der Waals surface area contributed by atoms with E-state index < -0.39 is 0 Å². The van der Waals surface area contributed by atoms with Crippen LogP contribution in [-0.2, 0) is 6.54 Å². The highest BCUT2D eigenvalue weighted by Crippen LogP contribution is 2.30. The molecule has 0 bridgehead atoms. The number of fused-ring (bicyclic) bond motifs is 1. The van der Waals surface area contributed by atoms with Gasteiger partial charge in [-0.2, -0.15) is 0 Å². The van der Waals surface area contributed by atoms with E-state index in [1.54, 1.807) is 0 Å². The molecule has 0 saturated carbocycles. The number of piperazine rings is 1. The maximum atomic E-state index is 3.64. The van der Waals surface area contributed by atoms with Crippen molar-refractivity contribution in [2.75, 3.05) is 31.1 Å². The second kappa shape index (κ2) is 6.67. The van der Waals surface area contributed by atoms with Crippen LogP contribution < -0.4 is 10.2 Å². The lowest BCUT2D eigenvalue weighted by atomic mass is 10.1. The molecule has 4 heteroatoms. The van der Waals surface area contributed by atoms with Gasteiger partial charge in [-0.15, -0.1) is 0 Å². The van der Waals surface area contributed by atoms with E-state index in [1.165, 1.54) is 48.2 Å². The summed E-state index contributed by atoms with van der Waals surface area (Å²) < 4.78 is 1.18. The third kappa shape index (κ3) is 3.61. The van der Waals surface area contributed by atoms with E-state index in [2.05, 4.69) is 63.1 Å². The van der Waals surface area contributed by atoms with Crippen LogP contribution in [0.25, 0.3) is 0 Å². The molecule has 0 spiro atoms. The molecule has 0 radical (unpaired) electrons. The van der Waals surface area contributed by atoms with E-state index in [9.17, 15) is 0 Å². The maximum Gasteiger partial charge on any atom is 0.0424 e. The summed E-state index contributed by atoms with van der Waals surface area (Å²) in [6.07, 6.45) is 2.74. The minimum atomic E-state index is 0.521. The molecule has 21 heavy (non-hydrogen) atoms. The molecule has 1 aromatic carbocycles. The van der Waals surface area contributed by atoms with E-state index in [1.807, 2.05) is 0 Å². The maximum absolute atomic E-state index is 3.64. The molecule has 2 aliphatic rings. The first-order chi connectivity index (χ1) is 10.1. The van der Waals surface area contributed by atoms with Crippen molar-refractivity contribution in [3.8, 4) is 0 Å². The van der Waals surface area contributed by atoms with Gasteiger partial charge in [0.1, 0.15) is 0 Å². The average molecular weight is 352 g/mol. The highest BCUT2D eigenvalue weighted by molar-refractivity contribution is 9.10. The monoisotopic (exact) mass is 351 g/mol. The molecule has 0 aliphatic carbocycles. The zero-order chi connectivity index (χ0) is 14.8. The molecular formula is C17H26BrN3. The number of hydrogen-bond donors (Lipinski definition) is 1. The zero-order valence-electron chi connectivity index (χ0n) is 13.1. The van der Waals surface area contributed by atoms with Crippen LogP contribution in [0.15, 0.2) is 22.7 Å². The Morgan fingerprint density at radius 1 is 1.29 bits per heavy atom. The second-order valence-electron chi connectivity index (χ2n) is 6.59. The number of hydrogen-bond acceptors (Lipinski definition) is 3. The zero-order valence-corrected chi connectivity index (χ0v) is 14.7. The third-order valence-corrected chi connectivity index (χ3v) is 5.17. The summed E-state index contributed by atoms with van der Waals surface area (Å²) in [5.41, 5.74) is 2.82. The van der Waals surface area contributed by atoms with Crippen LogP contribution in [0.2, 0.25) is 0 Å². The van der Waals surface area contributed by atoms with Gasteiger partial charge in [0.2, 0.25) is 0 Å². The largest absolute Gasteiger partial charge is 0.368 e. The summed E-state index contributed by atoms with van der Waals surface area (Å²) in [6.45, 7) is 10.2. The van der Waals surface area contributed by atoms with Crippen LogP contribution in [0.1, 0.15) is 32.3 Å². The van der Waals surface area contributed by atoms with E-state index in [0.717, 1.165) is 19.1 Å². The fourth-order valence-corrected chi connectivity index (χ4v) is 3.85. The Labute approximate surface area is 136 Å². The standard InChI is InChI=1S/C17H26BrN3/c1-13(2)19-11-14-5-6-15(18)10-17(14)21-9-8-20-7-3-4-16(20)12-21/h5-6,10,13,16,19H,3-4,7-9,11-12H2,1-2H3. The van der Waals surface area contributed by atoms with Crippen molar-refractivity contribution in [2.24, 2.45) is 0 Å². The van der Waals surface area contributed by atoms with Crippen molar-refractivity contribution >= 4 is 21.6 Å². The minimum Gasteiger partial charge on any atom is -0.368 e. The predicted octanol–water partition coefficient (Wildman–Crippen LogP) is 3.23. The molecule has 0 amide bonds. The van der Waals surface area contributed by atoms with Gasteiger partial charge in [0.15, 0.2) is 0 Å². The van der Waals surface area contributed by atoms with Crippen LogP contribution >= 0.6 is 15.9 Å². The van der Waals surface area contributed by atoms with Gasteiger partial charge >= 0.3 is 0 Å². The third-order valence-electron chi connectivity index (χ3n) is 4.68. The molecule has 1 aromatic rings. The molecule has 1 N–H and O–H groups in total. The van der Waals surface area contributed by atoms with E-state index in [0.29, 0.717) is 6.04 Å². The lowest BCUT2D eigenvalue weighted by Gasteiger charge is -2.39. The lowest BCUT2D eigenvalue weighted by molar-refractivity contribution is 0.231. The van der Waals surface area contributed by atoms with Gasteiger partial charge in [0.25, 0.3) is 0 Å². The smallest absolute Gasteiger partial charge is 0.0424 e. The normalized spacial score (nSPS) is 22.9. The van der Waals surface area contributed by atoms with Crippen molar-refractivity contribution in [3.05, 3.63) is 28.2 Å². The average Bonchev–Trinajstić information content (AvgIpc) is 2.93. The molecule has 3 rings (SSSR count). The van der Waals surface area contributed by atoms with Gasteiger partial charge in [-0.05, 0) is 37.1 Å². The van der Waals surface area contributed by atoms with Gasteiger partial charge in [-0.1, -0.05) is 35.8 Å². The second-order valence-corrected chi connectivity index (χ2v) is 7.50. The summed E-state index contributed by atoms with van der Waals surface area (Å²) in [5.74, 6) is 0. The minimum absolute atomic E-state index is 0.521. The Hall–Kier alpha value is -0.580. The summed E-state index contributed by atoms with van der Waals surface area (Å²) in [5, 5.41) is 3.55. The molecule has 3 nitrogen and oxygen atoms in total. The molecule has 2 heterocycles. The summed E-state index contributed by atoms with van der Waals surface area (Å²) >= 11 is 3.64. The van der Waals surface area contributed by atoms with Crippen molar-refractivity contribution < 1.29 is 0 Å².